The van der Waals surface area contributed by atoms with Crippen LogP contribution in [0.2, 0.25) is 0 Å². The van der Waals surface area contributed by atoms with Crippen molar-refractivity contribution >= 4 is 0 Å². The predicted molar refractivity (Wildman–Crippen MR) is 77.3 cm³/mol. The molecule has 0 spiro atoms. The van der Waals surface area contributed by atoms with Crippen LogP contribution in [-0.2, 0) is 0 Å². The molecule has 1 aliphatic rings. The summed E-state index contributed by atoms with van der Waals surface area (Å²) < 4.78 is 0. The van der Waals surface area contributed by atoms with Gasteiger partial charge in [0.1, 0.15) is 0 Å². The van der Waals surface area contributed by atoms with E-state index in [9.17, 15) is 0 Å². The Morgan fingerprint density at radius 3 is 1.12 bits per heavy atom. The molecule has 1 nitrogen and oxygen atoms in total. The molecule has 0 bridgehead atoms. The SMILES string of the molecule is CC(C)(C)C1=C(C(C)(C)C)CN(C(C)(C)C)C1. The molecule has 100 valence electrons. The van der Waals surface area contributed by atoms with E-state index in [-0.39, 0.29) is 5.54 Å². The summed E-state index contributed by atoms with van der Waals surface area (Å²) in [5, 5.41) is 0. The Hall–Kier alpha value is -0.300. The van der Waals surface area contributed by atoms with Gasteiger partial charge >= 0.3 is 0 Å². The maximum atomic E-state index is 2.61. The fourth-order valence-electron chi connectivity index (χ4n) is 2.48. The highest BCUT2D eigenvalue weighted by Crippen LogP contribution is 2.42. The van der Waals surface area contributed by atoms with Crippen LogP contribution in [0.4, 0.5) is 0 Å². The molecular weight excluding hydrogens is 206 g/mol. The van der Waals surface area contributed by atoms with E-state index >= 15 is 0 Å². The van der Waals surface area contributed by atoms with Gasteiger partial charge in [-0.05, 0) is 42.7 Å². The summed E-state index contributed by atoms with van der Waals surface area (Å²) in [4.78, 5) is 2.61. The lowest BCUT2D eigenvalue weighted by molar-refractivity contribution is 0.170. The second-order valence-electron chi connectivity index (χ2n) is 8.48. The Kier molecular flexibility index (Phi) is 3.58. The molecule has 0 aromatic rings. The molecule has 0 atom stereocenters. The van der Waals surface area contributed by atoms with Gasteiger partial charge < -0.3 is 0 Å². The van der Waals surface area contributed by atoms with Gasteiger partial charge in [-0.15, -0.1) is 0 Å². The van der Waals surface area contributed by atoms with Gasteiger partial charge in [0.25, 0.3) is 0 Å². The lowest BCUT2D eigenvalue weighted by Gasteiger charge is -2.33. The average molecular weight is 237 g/mol. The lowest BCUT2D eigenvalue weighted by Crippen LogP contribution is -2.41. The van der Waals surface area contributed by atoms with Crippen LogP contribution in [0.15, 0.2) is 11.1 Å². The van der Waals surface area contributed by atoms with Crippen LogP contribution in [0.3, 0.4) is 0 Å². The molecule has 1 aliphatic heterocycles. The van der Waals surface area contributed by atoms with Crippen molar-refractivity contribution < 1.29 is 0 Å². The molecule has 0 N–H and O–H groups in total. The minimum atomic E-state index is 0.267. The Bertz CT molecular complexity index is 289. The molecule has 0 amide bonds. The lowest BCUT2D eigenvalue weighted by atomic mass is 9.76. The van der Waals surface area contributed by atoms with Crippen molar-refractivity contribution in [1.82, 2.24) is 4.90 Å². The van der Waals surface area contributed by atoms with Gasteiger partial charge in [-0.25, -0.2) is 0 Å². The van der Waals surface area contributed by atoms with Crippen molar-refractivity contribution in [2.24, 2.45) is 10.8 Å². The fourth-order valence-corrected chi connectivity index (χ4v) is 2.48. The second kappa shape index (κ2) is 4.12. The maximum absolute atomic E-state index is 2.61. The smallest absolute Gasteiger partial charge is 0.0210 e. The van der Waals surface area contributed by atoms with Crippen LogP contribution in [0.1, 0.15) is 62.3 Å². The topological polar surface area (TPSA) is 3.24 Å². The van der Waals surface area contributed by atoms with E-state index in [0.717, 1.165) is 13.1 Å². The first-order valence-corrected chi connectivity index (χ1v) is 6.81. The van der Waals surface area contributed by atoms with Gasteiger partial charge in [0.15, 0.2) is 0 Å². The summed E-state index contributed by atoms with van der Waals surface area (Å²) in [6.45, 7) is 23.3. The molecule has 0 aromatic heterocycles. The third-order valence-electron chi connectivity index (χ3n) is 3.82. The van der Waals surface area contributed by atoms with Gasteiger partial charge in [0.2, 0.25) is 0 Å². The van der Waals surface area contributed by atoms with Crippen LogP contribution in [0, 0.1) is 10.8 Å². The van der Waals surface area contributed by atoms with E-state index in [0.29, 0.717) is 10.8 Å². The van der Waals surface area contributed by atoms with Crippen LogP contribution in [-0.4, -0.2) is 23.5 Å². The number of nitrogens with zero attached hydrogens (tertiary/aromatic N) is 1. The summed E-state index contributed by atoms with van der Waals surface area (Å²) in [6, 6.07) is 0. The van der Waals surface area contributed by atoms with Crippen LogP contribution in [0.25, 0.3) is 0 Å². The zero-order chi connectivity index (χ0) is 13.6. The Morgan fingerprint density at radius 1 is 0.647 bits per heavy atom. The van der Waals surface area contributed by atoms with E-state index in [1.165, 1.54) is 0 Å². The average Bonchev–Trinajstić information content (AvgIpc) is 2.42. The minimum absolute atomic E-state index is 0.267. The fraction of sp³-hybridized carbons (Fsp3) is 0.875. The highest BCUT2D eigenvalue weighted by Gasteiger charge is 2.38. The molecule has 0 radical (unpaired) electrons. The Labute approximate surface area is 108 Å². The van der Waals surface area contributed by atoms with Crippen molar-refractivity contribution in [3.05, 3.63) is 11.1 Å². The molecule has 1 rings (SSSR count). The largest absolute Gasteiger partial charge is 0.291 e. The van der Waals surface area contributed by atoms with Gasteiger partial charge in [-0.2, -0.15) is 0 Å². The molecule has 0 fully saturated rings. The third-order valence-corrected chi connectivity index (χ3v) is 3.82. The van der Waals surface area contributed by atoms with E-state index in [2.05, 4.69) is 67.2 Å². The number of rotatable bonds is 0. The third kappa shape index (κ3) is 3.34. The molecule has 0 aliphatic carbocycles. The van der Waals surface area contributed by atoms with E-state index in [1.54, 1.807) is 11.1 Å². The Balaban J connectivity index is 3.10. The molecule has 1 heteroatoms. The molecule has 17 heavy (non-hydrogen) atoms. The van der Waals surface area contributed by atoms with Crippen molar-refractivity contribution in [2.75, 3.05) is 13.1 Å². The highest BCUT2D eigenvalue weighted by atomic mass is 15.2. The van der Waals surface area contributed by atoms with Crippen molar-refractivity contribution in [1.29, 1.82) is 0 Å². The maximum Gasteiger partial charge on any atom is 0.0210 e. The summed E-state index contributed by atoms with van der Waals surface area (Å²) >= 11 is 0. The first-order valence-electron chi connectivity index (χ1n) is 6.81. The van der Waals surface area contributed by atoms with Crippen molar-refractivity contribution in [3.8, 4) is 0 Å². The first kappa shape index (κ1) is 14.8. The molecule has 0 saturated heterocycles. The molecule has 0 unspecified atom stereocenters. The summed E-state index contributed by atoms with van der Waals surface area (Å²) in [6.07, 6.45) is 0. The number of hydrogen-bond acceptors (Lipinski definition) is 1. The quantitative estimate of drug-likeness (QED) is 0.561. The van der Waals surface area contributed by atoms with E-state index < -0.39 is 0 Å². The normalized spacial score (nSPS) is 20.3. The predicted octanol–water partition coefficient (Wildman–Crippen LogP) is 4.49. The second-order valence-corrected chi connectivity index (χ2v) is 8.48. The number of hydrogen-bond donors (Lipinski definition) is 0. The van der Waals surface area contributed by atoms with Crippen molar-refractivity contribution in [2.45, 2.75) is 67.9 Å². The van der Waals surface area contributed by atoms with Crippen molar-refractivity contribution in [3.63, 3.8) is 0 Å². The first-order chi connectivity index (χ1) is 7.33. The van der Waals surface area contributed by atoms with Crippen LogP contribution >= 0.6 is 0 Å². The minimum Gasteiger partial charge on any atom is -0.291 e. The van der Waals surface area contributed by atoms with Gasteiger partial charge in [-0.1, -0.05) is 41.5 Å². The van der Waals surface area contributed by atoms with Gasteiger partial charge in [-0.3, -0.25) is 4.90 Å². The monoisotopic (exact) mass is 237 g/mol. The van der Waals surface area contributed by atoms with Gasteiger partial charge in [0, 0.05) is 18.6 Å². The van der Waals surface area contributed by atoms with E-state index in [4.69, 9.17) is 0 Å². The summed E-state index contributed by atoms with van der Waals surface area (Å²) in [5.74, 6) is 0. The molecular formula is C16H31N. The standard InChI is InChI=1S/C16H31N/c1-14(2,3)12-10-17(16(7,8)9)11-13(12)15(4,5)6/h10-11H2,1-9H3. The molecule has 0 saturated carbocycles. The van der Waals surface area contributed by atoms with E-state index in [1.807, 2.05) is 0 Å². The van der Waals surface area contributed by atoms with Crippen LogP contribution < -0.4 is 0 Å². The molecule has 0 aromatic carbocycles. The molecule has 1 heterocycles. The Morgan fingerprint density at radius 2 is 0.941 bits per heavy atom. The highest BCUT2D eigenvalue weighted by molar-refractivity contribution is 5.32. The summed E-state index contributed by atoms with van der Waals surface area (Å²) in [5.41, 5.74) is 4.16. The van der Waals surface area contributed by atoms with Gasteiger partial charge in [0.05, 0.1) is 0 Å². The van der Waals surface area contributed by atoms with Crippen LogP contribution in [0.5, 0.6) is 0 Å². The zero-order valence-corrected chi connectivity index (χ0v) is 13.4. The summed E-state index contributed by atoms with van der Waals surface area (Å²) in [7, 11) is 0. The zero-order valence-electron chi connectivity index (χ0n) is 13.4.